The van der Waals surface area contributed by atoms with Gasteiger partial charge in [-0.25, -0.2) is 4.79 Å². The Balaban J connectivity index is 1.84. The second-order valence-electron chi connectivity index (χ2n) is 5.17. The SMILES string of the molecule is CCC1C2CNCC2CN1C(=O)c1c[nH]c(=O)[nH]1. The summed E-state index contributed by atoms with van der Waals surface area (Å²) < 4.78 is 0. The summed E-state index contributed by atoms with van der Waals surface area (Å²) in [6.07, 6.45) is 2.42. The Morgan fingerprint density at radius 2 is 2.33 bits per heavy atom. The van der Waals surface area contributed by atoms with E-state index in [2.05, 4.69) is 22.2 Å². The number of imidazole rings is 1. The number of carbonyl (C=O) groups is 1. The van der Waals surface area contributed by atoms with Crippen LogP contribution in [0.4, 0.5) is 0 Å². The maximum Gasteiger partial charge on any atom is 0.323 e. The van der Waals surface area contributed by atoms with Crippen molar-refractivity contribution < 1.29 is 4.79 Å². The molecule has 0 saturated carbocycles. The summed E-state index contributed by atoms with van der Waals surface area (Å²) in [5.74, 6) is 1.06. The summed E-state index contributed by atoms with van der Waals surface area (Å²) in [6.45, 7) is 4.90. The Kier molecular flexibility index (Phi) is 2.74. The molecule has 0 aliphatic carbocycles. The largest absolute Gasteiger partial charge is 0.334 e. The Morgan fingerprint density at radius 3 is 3.00 bits per heavy atom. The van der Waals surface area contributed by atoms with Crippen LogP contribution in [0.3, 0.4) is 0 Å². The molecule has 1 amide bonds. The molecule has 2 fully saturated rings. The van der Waals surface area contributed by atoms with Crippen LogP contribution in [0.1, 0.15) is 23.8 Å². The summed E-state index contributed by atoms with van der Waals surface area (Å²) in [5.41, 5.74) is 0.0406. The van der Waals surface area contributed by atoms with Crippen molar-refractivity contribution in [2.45, 2.75) is 19.4 Å². The van der Waals surface area contributed by atoms with E-state index in [-0.39, 0.29) is 17.6 Å². The Labute approximate surface area is 105 Å². The first kappa shape index (κ1) is 11.5. The third-order valence-electron chi connectivity index (χ3n) is 4.22. The van der Waals surface area contributed by atoms with Crippen LogP contribution in [-0.2, 0) is 0 Å². The molecule has 0 aromatic carbocycles. The first-order valence-electron chi connectivity index (χ1n) is 6.50. The minimum absolute atomic E-state index is 0.0606. The first-order chi connectivity index (χ1) is 8.70. The number of fused-ring (bicyclic) bond motifs is 1. The van der Waals surface area contributed by atoms with Gasteiger partial charge in [-0.2, -0.15) is 0 Å². The minimum atomic E-state index is -0.326. The number of nitrogens with one attached hydrogen (secondary N) is 3. The lowest BCUT2D eigenvalue weighted by atomic mass is 9.93. The Hall–Kier alpha value is -1.56. The monoisotopic (exact) mass is 250 g/mol. The van der Waals surface area contributed by atoms with E-state index in [1.165, 1.54) is 6.20 Å². The van der Waals surface area contributed by atoms with E-state index in [4.69, 9.17) is 0 Å². The van der Waals surface area contributed by atoms with E-state index < -0.39 is 0 Å². The topological polar surface area (TPSA) is 81.0 Å². The summed E-state index contributed by atoms with van der Waals surface area (Å²) >= 11 is 0. The van der Waals surface area contributed by atoms with E-state index in [9.17, 15) is 9.59 Å². The maximum atomic E-state index is 12.4. The van der Waals surface area contributed by atoms with Crippen LogP contribution in [0.25, 0.3) is 0 Å². The number of likely N-dealkylation sites (tertiary alicyclic amines) is 1. The van der Waals surface area contributed by atoms with Crippen LogP contribution < -0.4 is 11.0 Å². The van der Waals surface area contributed by atoms with Gasteiger partial charge in [0.2, 0.25) is 0 Å². The molecule has 98 valence electrons. The Bertz CT molecular complexity index is 506. The summed E-state index contributed by atoms with van der Waals surface area (Å²) in [4.78, 5) is 30.4. The zero-order valence-electron chi connectivity index (χ0n) is 10.4. The molecule has 2 aliphatic rings. The van der Waals surface area contributed by atoms with Crippen LogP contribution >= 0.6 is 0 Å². The summed E-state index contributed by atoms with van der Waals surface area (Å²) in [6, 6.07) is 0.288. The van der Waals surface area contributed by atoms with E-state index in [1.54, 1.807) is 0 Å². The zero-order chi connectivity index (χ0) is 12.7. The van der Waals surface area contributed by atoms with Gasteiger partial charge in [0.25, 0.3) is 5.91 Å². The van der Waals surface area contributed by atoms with Gasteiger partial charge < -0.3 is 20.2 Å². The highest BCUT2D eigenvalue weighted by Crippen LogP contribution is 2.34. The average Bonchev–Trinajstić information content (AvgIpc) is 3.01. The number of carbonyl (C=O) groups excluding carboxylic acids is 1. The van der Waals surface area contributed by atoms with Gasteiger partial charge in [-0.3, -0.25) is 4.79 Å². The fraction of sp³-hybridized carbons (Fsp3) is 0.667. The van der Waals surface area contributed by atoms with Crippen LogP contribution in [0.15, 0.2) is 11.0 Å². The number of amides is 1. The lowest BCUT2D eigenvalue weighted by molar-refractivity contribution is 0.0706. The van der Waals surface area contributed by atoms with Gasteiger partial charge in [-0.1, -0.05) is 6.92 Å². The third kappa shape index (κ3) is 1.68. The van der Waals surface area contributed by atoms with Gasteiger partial charge in [0.15, 0.2) is 0 Å². The normalized spacial score (nSPS) is 30.7. The molecule has 1 aromatic rings. The molecule has 0 spiro atoms. The molecule has 0 radical (unpaired) electrons. The van der Waals surface area contributed by atoms with Gasteiger partial charge >= 0.3 is 5.69 Å². The van der Waals surface area contributed by atoms with E-state index >= 15 is 0 Å². The molecule has 6 nitrogen and oxygen atoms in total. The highest BCUT2D eigenvalue weighted by molar-refractivity contribution is 5.92. The molecule has 3 rings (SSSR count). The van der Waals surface area contributed by atoms with Crippen molar-refractivity contribution >= 4 is 5.91 Å². The molecule has 6 heteroatoms. The third-order valence-corrected chi connectivity index (χ3v) is 4.22. The van der Waals surface area contributed by atoms with Crippen molar-refractivity contribution in [1.29, 1.82) is 0 Å². The van der Waals surface area contributed by atoms with E-state index in [0.717, 1.165) is 26.1 Å². The van der Waals surface area contributed by atoms with E-state index in [0.29, 0.717) is 17.5 Å². The second kappa shape index (κ2) is 4.28. The predicted molar refractivity (Wildman–Crippen MR) is 66.4 cm³/mol. The molecule has 3 heterocycles. The molecule has 2 saturated heterocycles. The number of hydrogen-bond acceptors (Lipinski definition) is 3. The smallest absolute Gasteiger partial charge is 0.323 e. The molecule has 0 bridgehead atoms. The molecule has 3 N–H and O–H groups in total. The fourth-order valence-electron chi connectivity index (χ4n) is 3.38. The van der Waals surface area contributed by atoms with Crippen molar-refractivity contribution in [3.05, 3.63) is 22.4 Å². The number of rotatable bonds is 2. The van der Waals surface area contributed by atoms with Gasteiger partial charge in [-0.15, -0.1) is 0 Å². The molecule has 18 heavy (non-hydrogen) atoms. The number of hydrogen-bond donors (Lipinski definition) is 3. The molecular formula is C12H18N4O2. The highest BCUT2D eigenvalue weighted by Gasteiger charge is 2.45. The highest BCUT2D eigenvalue weighted by atomic mass is 16.2. The van der Waals surface area contributed by atoms with Gasteiger partial charge in [-0.05, 0) is 18.3 Å². The fourth-order valence-corrected chi connectivity index (χ4v) is 3.38. The zero-order valence-corrected chi connectivity index (χ0v) is 10.4. The van der Waals surface area contributed by atoms with Crippen LogP contribution in [0, 0.1) is 11.8 Å². The molecule has 3 unspecified atom stereocenters. The van der Waals surface area contributed by atoms with E-state index in [1.807, 2.05) is 4.90 Å². The Morgan fingerprint density at radius 1 is 1.50 bits per heavy atom. The first-order valence-corrected chi connectivity index (χ1v) is 6.50. The standard InChI is InChI=1S/C12H18N4O2/c1-2-10-8-4-13-3-7(8)6-16(10)11(17)9-5-14-12(18)15-9/h5,7-8,10,13H,2-4,6H2,1H3,(H2,14,15,18). The van der Waals surface area contributed by atoms with Crippen LogP contribution in [0.2, 0.25) is 0 Å². The molecule has 3 atom stereocenters. The lowest BCUT2D eigenvalue weighted by Crippen LogP contribution is -2.39. The second-order valence-corrected chi connectivity index (χ2v) is 5.17. The number of H-pyrrole nitrogens is 2. The van der Waals surface area contributed by atoms with Gasteiger partial charge in [0, 0.05) is 31.9 Å². The van der Waals surface area contributed by atoms with Crippen molar-refractivity contribution in [2.75, 3.05) is 19.6 Å². The minimum Gasteiger partial charge on any atom is -0.334 e. The maximum absolute atomic E-state index is 12.4. The van der Waals surface area contributed by atoms with Gasteiger partial charge in [0.05, 0.1) is 0 Å². The molecule has 1 aromatic heterocycles. The van der Waals surface area contributed by atoms with Crippen molar-refractivity contribution in [2.24, 2.45) is 11.8 Å². The average molecular weight is 250 g/mol. The quantitative estimate of drug-likeness (QED) is 0.678. The summed E-state index contributed by atoms with van der Waals surface area (Å²) in [5, 5.41) is 3.39. The molecule has 2 aliphatic heterocycles. The molecular weight excluding hydrogens is 232 g/mol. The van der Waals surface area contributed by atoms with Crippen molar-refractivity contribution in [3.63, 3.8) is 0 Å². The van der Waals surface area contributed by atoms with Crippen molar-refractivity contribution in [3.8, 4) is 0 Å². The van der Waals surface area contributed by atoms with Gasteiger partial charge in [0.1, 0.15) is 5.69 Å². The number of aromatic nitrogens is 2. The van der Waals surface area contributed by atoms with Crippen molar-refractivity contribution in [1.82, 2.24) is 20.2 Å². The lowest BCUT2D eigenvalue weighted by Gasteiger charge is -2.26. The van der Waals surface area contributed by atoms with Crippen LogP contribution in [0.5, 0.6) is 0 Å². The number of aromatic amines is 2. The summed E-state index contributed by atoms with van der Waals surface area (Å²) in [7, 11) is 0. The van der Waals surface area contributed by atoms with Crippen LogP contribution in [-0.4, -0.2) is 46.5 Å². The predicted octanol–water partition coefficient (Wildman–Crippen LogP) is -0.227. The number of nitrogens with zero attached hydrogens (tertiary/aromatic N) is 1.